The van der Waals surface area contributed by atoms with Crippen molar-refractivity contribution in [2.75, 3.05) is 0 Å². The topological polar surface area (TPSA) is 30.0 Å². The maximum Gasteiger partial charge on any atom is 0.178 e. The van der Waals surface area contributed by atoms with Crippen molar-refractivity contribution in [3.05, 3.63) is 38.0 Å². The fourth-order valence-electron chi connectivity index (χ4n) is 2.20. The highest BCUT2D eigenvalue weighted by molar-refractivity contribution is 7.14. The number of nitrogens with zero attached hydrogens (tertiary/aromatic N) is 1. The number of aromatic nitrogens is 1. The molecule has 17 heavy (non-hydrogen) atoms. The zero-order valence-corrected chi connectivity index (χ0v) is 11.1. The van der Waals surface area contributed by atoms with Crippen LogP contribution in [0.25, 0.3) is 0 Å². The van der Waals surface area contributed by atoms with Crippen LogP contribution in [0.15, 0.2) is 17.8 Å². The number of aryl methyl sites for hydroxylation is 2. The molecule has 0 spiro atoms. The van der Waals surface area contributed by atoms with Crippen LogP contribution in [0.4, 0.5) is 0 Å². The van der Waals surface area contributed by atoms with E-state index >= 15 is 0 Å². The van der Waals surface area contributed by atoms with Crippen molar-refractivity contribution in [2.24, 2.45) is 0 Å². The Morgan fingerprint density at radius 1 is 1.35 bits per heavy atom. The third-order valence-electron chi connectivity index (χ3n) is 3.09. The predicted octanol–water partition coefficient (Wildman–Crippen LogP) is 3.51. The summed E-state index contributed by atoms with van der Waals surface area (Å²) in [5, 5.41) is 0. The predicted molar refractivity (Wildman–Crippen MR) is 71.1 cm³/mol. The molecular weight excluding hydrogens is 250 g/mol. The molecular formula is C13H13NOS2. The van der Waals surface area contributed by atoms with E-state index in [-0.39, 0.29) is 5.78 Å². The van der Waals surface area contributed by atoms with E-state index in [9.17, 15) is 4.79 Å². The van der Waals surface area contributed by atoms with Crippen LogP contribution in [0.5, 0.6) is 0 Å². The summed E-state index contributed by atoms with van der Waals surface area (Å²) < 4.78 is 0. The van der Waals surface area contributed by atoms with E-state index in [1.807, 2.05) is 0 Å². The molecule has 0 fully saturated rings. The SMILES string of the molecule is O=C(Cc1cncs1)c1cc2c(s1)CCCC2. The van der Waals surface area contributed by atoms with Gasteiger partial charge >= 0.3 is 0 Å². The Balaban J connectivity index is 1.79. The lowest BCUT2D eigenvalue weighted by atomic mass is 9.99. The number of ketones is 1. The number of rotatable bonds is 3. The van der Waals surface area contributed by atoms with Crippen LogP contribution in [-0.4, -0.2) is 10.8 Å². The van der Waals surface area contributed by atoms with Crippen LogP contribution >= 0.6 is 22.7 Å². The molecule has 0 N–H and O–H groups in total. The fourth-order valence-corrected chi connectivity index (χ4v) is 3.99. The largest absolute Gasteiger partial charge is 0.293 e. The number of hydrogen-bond donors (Lipinski definition) is 0. The Kier molecular flexibility index (Phi) is 3.07. The minimum atomic E-state index is 0.244. The minimum absolute atomic E-state index is 0.244. The monoisotopic (exact) mass is 263 g/mol. The van der Waals surface area contributed by atoms with Gasteiger partial charge in [0.15, 0.2) is 5.78 Å². The summed E-state index contributed by atoms with van der Waals surface area (Å²) in [5.74, 6) is 0.244. The van der Waals surface area contributed by atoms with Gasteiger partial charge in [-0.2, -0.15) is 0 Å². The number of carbonyl (C=O) groups excluding carboxylic acids is 1. The van der Waals surface area contributed by atoms with E-state index in [2.05, 4.69) is 11.1 Å². The van der Waals surface area contributed by atoms with Crippen molar-refractivity contribution in [1.82, 2.24) is 4.98 Å². The number of hydrogen-bond acceptors (Lipinski definition) is 4. The zero-order valence-electron chi connectivity index (χ0n) is 9.44. The Morgan fingerprint density at radius 3 is 3.00 bits per heavy atom. The molecule has 0 atom stereocenters. The van der Waals surface area contributed by atoms with Gasteiger partial charge in [0, 0.05) is 22.4 Å². The average molecular weight is 263 g/mol. The van der Waals surface area contributed by atoms with Crippen LogP contribution in [0.3, 0.4) is 0 Å². The summed E-state index contributed by atoms with van der Waals surface area (Å²) >= 11 is 3.25. The molecule has 2 nitrogen and oxygen atoms in total. The molecule has 0 unspecified atom stereocenters. The molecule has 1 aliphatic rings. The molecule has 2 aromatic heterocycles. The minimum Gasteiger partial charge on any atom is -0.293 e. The molecule has 0 saturated heterocycles. The molecule has 3 rings (SSSR count). The number of thiophene rings is 1. The Labute approximate surface area is 108 Å². The van der Waals surface area contributed by atoms with Gasteiger partial charge in [-0.25, -0.2) is 0 Å². The number of Topliss-reactive ketones (excluding diaryl/α,β-unsaturated/α-hetero) is 1. The van der Waals surface area contributed by atoms with Crippen molar-refractivity contribution in [3.63, 3.8) is 0 Å². The maximum atomic E-state index is 12.1. The summed E-state index contributed by atoms with van der Waals surface area (Å²) in [6.45, 7) is 0. The number of fused-ring (bicyclic) bond motifs is 1. The first-order valence-corrected chi connectivity index (χ1v) is 7.54. The zero-order chi connectivity index (χ0) is 11.7. The van der Waals surface area contributed by atoms with Crippen LogP contribution in [0.1, 0.15) is 37.8 Å². The third kappa shape index (κ3) is 2.33. The van der Waals surface area contributed by atoms with E-state index in [4.69, 9.17) is 0 Å². The highest BCUT2D eigenvalue weighted by Gasteiger charge is 2.17. The van der Waals surface area contributed by atoms with Gasteiger partial charge in [0.2, 0.25) is 0 Å². The van der Waals surface area contributed by atoms with Crippen molar-refractivity contribution >= 4 is 28.5 Å². The molecule has 0 bridgehead atoms. The average Bonchev–Trinajstić information content (AvgIpc) is 2.96. The van der Waals surface area contributed by atoms with Gasteiger partial charge in [-0.1, -0.05) is 0 Å². The number of thiazole rings is 1. The highest BCUT2D eigenvalue weighted by atomic mass is 32.1. The maximum absolute atomic E-state index is 12.1. The van der Waals surface area contributed by atoms with Gasteiger partial charge in [-0.15, -0.1) is 22.7 Å². The van der Waals surface area contributed by atoms with Gasteiger partial charge in [-0.3, -0.25) is 9.78 Å². The molecule has 1 aliphatic carbocycles. The van der Waals surface area contributed by atoms with Gasteiger partial charge in [0.05, 0.1) is 10.4 Å². The normalized spacial score (nSPS) is 14.6. The summed E-state index contributed by atoms with van der Waals surface area (Å²) in [7, 11) is 0. The fraction of sp³-hybridized carbons (Fsp3) is 0.385. The summed E-state index contributed by atoms with van der Waals surface area (Å²) in [4.78, 5) is 19.5. The summed E-state index contributed by atoms with van der Waals surface area (Å²) in [6, 6.07) is 2.11. The van der Waals surface area contributed by atoms with Crippen molar-refractivity contribution in [1.29, 1.82) is 0 Å². The lowest BCUT2D eigenvalue weighted by molar-refractivity contribution is 0.0997. The second-order valence-corrected chi connectivity index (χ2v) is 6.44. The first-order valence-electron chi connectivity index (χ1n) is 5.85. The van der Waals surface area contributed by atoms with Gasteiger partial charge in [0.25, 0.3) is 0 Å². The standard InChI is InChI=1S/C13H13NOS2/c15-11(6-10-7-14-8-16-10)13-5-9-3-1-2-4-12(9)17-13/h5,7-8H,1-4,6H2. The first-order chi connectivity index (χ1) is 8.33. The van der Waals surface area contributed by atoms with Crippen LogP contribution in [0, 0.1) is 0 Å². The summed E-state index contributed by atoms with van der Waals surface area (Å²) in [6.07, 6.45) is 7.15. The molecule has 4 heteroatoms. The molecule has 0 amide bonds. The van der Waals surface area contributed by atoms with E-state index in [1.54, 1.807) is 34.4 Å². The van der Waals surface area contributed by atoms with E-state index in [0.29, 0.717) is 6.42 Å². The van der Waals surface area contributed by atoms with E-state index in [0.717, 1.165) is 22.6 Å². The molecule has 88 valence electrons. The molecule has 0 radical (unpaired) electrons. The molecule has 2 heterocycles. The van der Waals surface area contributed by atoms with Gasteiger partial charge < -0.3 is 0 Å². The molecule has 0 aromatic carbocycles. The first kappa shape index (κ1) is 11.1. The van der Waals surface area contributed by atoms with Gasteiger partial charge in [-0.05, 0) is 37.3 Å². The Morgan fingerprint density at radius 2 is 2.24 bits per heavy atom. The third-order valence-corrected chi connectivity index (χ3v) is 5.15. The summed E-state index contributed by atoms with van der Waals surface area (Å²) in [5.41, 5.74) is 3.19. The second-order valence-electron chi connectivity index (χ2n) is 4.33. The number of carbonyl (C=O) groups is 1. The van der Waals surface area contributed by atoms with Crippen molar-refractivity contribution in [3.8, 4) is 0 Å². The quantitative estimate of drug-likeness (QED) is 0.793. The smallest absolute Gasteiger partial charge is 0.178 e. The van der Waals surface area contributed by atoms with Crippen LogP contribution in [-0.2, 0) is 19.3 Å². The molecule has 0 saturated carbocycles. The van der Waals surface area contributed by atoms with Gasteiger partial charge in [0.1, 0.15) is 0 Å². The van der Waals surface area contributed by atoms with Crippen LogP contribution < -0.4 is 0 Å². The second kappa shape index (κ2) is 4.70. The van der Waals surface area contributed by atoms with Crippen molar-refractivity contribution in [2.45, 2.75) is 32.1 Å². The lowest BCUT2D eigenvalue weighted by Crippen LogP contribution is -1.99. The van der Waals surface area contributed by atoms with Crippen molar-refractivity contribution < 1.29 is 4.79 Å². The Hall–Kier alpha value is -1.00. The highest BCUT2D eigenvalue weighted by Crippen LogP contribution is 2.30. The molecule has 2 aromatic rings. The Bertz CT molecular complexity index is 504. The molecule has 0 aliphatic heterocycles. The van der Waals surface area contributed by atoms with E-state index in [1.165, 1.54) is 23.3 Å². The lowest BCUT2D eigenvalue weighted by Gasteiger charge is -2.08. The van der Waals surface area contributed by atoms with Crippen LogP contribution in [0.2, 0.25) is 0 Å². The van der Waals surface area contributed by atoms with E-state index < -0.39 is 0 Å².